The molecule has 166 valence electrons. The third-order valence-electron chi connectivity index (χ3n) is 8.30. The quantitative estimate of drug-likeness (QED) is 0.594. The van der Waals surface area contributed by atoms with Gasteiger partial charge in [-0.05, 0) is 87.7 Å². The molecule has 4 fully saturated rings. The zero-order chi connectivity index (χ0) is 21.9. The zero-order valence-corrected chi connectivity index (χ0v) is 19.1. The molecule has 4 saturated carbocycles. The normalized spacial score (nSPS) is 28.4. The SMILES string of the molecule is CCn1cc(-c2cc(C(=O)NCC34CC5CC(CC(C5)C3)C4)c3ccccc3n2)c(C)n1. The molecule has 1 aromatic carbocycles. The summed E-state index contributed by atoms with van der Waals surface area (Å²) < 4.78 is 1.92. The van der Waals surface area contributed by atoms with Gasteiger partial charge in [0.2, 0.25) is 0 Å². The van der Waals surface area contributed by atoms with E-state index < -0.39 is 0 Å². The van der Waals surface area contributed by atoms with Crippen molar-refractivity contribution >= 4 is 16.8 Å². The van der Waals surface area contributed by atoms with Gasteiger partial charge in [-0.3, -0.25) is 9.48 Å². The molecule has 5 heteroatoms. The summed E-state index contributed by atoms with van der Waals surface area (Å²) in [4.78, 5) is 18.4. The predicted octanol–water partition coefficient (Wildman–Crippen LogP) is 5.37. The molecule has 4 bridgehead atoms. The number of fused-ring (bicyclic) bond motifs is 1. The van der Waals surface area contributed by atoms with E-state index in [9.17, 15) is 4.79 Å². The van der Waals surface area contributed by atoms with Gasteiger partial charge in [-0.1, -0.05) is 18.2 Å². The maximum absolute atomic E-state index is 13.5. The predicted molar refractivity (Wildman–Crippen MR) is 126 cm³/mol. The van der Waals surface area contributed by atoms with Crippen LogP contribution in [0.1, 0.15) is 61.5 Å². The van der Waals surface area contributed by atoms with Crippen molar-refractivity contribution in [1.82, 2.24) is 20.1 Å². The molecule has 7 rings (SSSR count). The molecule has 0 unspecified atom stereocenters. The minimum absolute atomic E-state index is 0.0288. The second-order valence-electron chi connectivity index (χ2n) is 10.7. The van der Waals surface area contributed by atoms with Crippen LogP contribution in [-0.4, -0.2) is 27.2 Å². The van der Waals surface area contributed by atoms with Crippen molar-refractivity contribution in [3.8, 4) is 11.3 Å². The van der Waals surface area contributed by atoms with Gasteiger partial charge in [0.1, 0.15) is 0 Å². The van der Waals surface area contributed by atoms with Gasteiger partial charge in [0.05, 0.1) is 22.5 Å². The van der Waals surface area contributed by atoms with Crippen molar-refractivity contribution in [2.75, 3.05) is 6.54 Å². The molecule has 5 nitrogen and oxygen atoms in total. The van der Waals surface area contributed by atoms with Crippen molar-refractivity contribution in [2.45, 2.75) is 58.9 Å². The van der Waals surface area contributed by atoms with Crippen LogP contribution in [0.2, 0.25) is 0 Å². The van der Waals surface area contributed by atoms with Gasteiger partial charge in [0.25, 0.3) is 5.91 Å². The molecule has 0 spiro atoms. The second kappa shape index (κ2) is 7.43. The Morgan fingerprint density at radius 2 is 1.81 bits per heavy atom. The standard InChI is InChI=1S/C27H32N4O/c1-3-31-15-23(17(2)30-31)25-11-22(21-6-4-5-7-24(21)29-25)26(32)28-16-27-12-18-8-19(13-27)10-20(9-18)14-27/h4-7,11,15,18-20H,3,8-10,12-14,16H2,1-2H3,(H,28,32). The van der Waals surface area contributed by atoms with E-state index in [1.54, 1.807) is 0 Å². The fraction of sp³-hybridized carbons (Fsp3) is 0.519. The summed E-state index contributed by atoms with van der Waals surface area (Å²) >= 11 is 0. The van der Waals surface area contributed by atoms with Crippen molar-refractivity contribution in [2.24, 2.45) is 23.2 Å². The fourth-order valence-corrected chi connectivity index (χ4v) is 7.30. The minimum Gasteiger partial charge on any atom is -0.351 e. The van der Waals surface area contributed by atoms with Crippen molar-refractivity contribution in [3.05, 3.63) is 47.8 Å². The van der Waals surface area contributed by atoms with E-state index in [1.165, 1.54) is 38.5 Å². The molecule has 0 atom stereocenters. The minimum atomic E-state index is 0.0288. The number of aryl methyl sites for hydroxylation is 2. The maximum Gasteiger partial charge on any atom is 0.252 e. The Morgan fingerprint density at radius 3 is 2.47 bits per heavy atom. The van der Waals surface area contributed by atoms with Gasteiger partial charge in [0, 0.05) is 30.2 Å². The molecule has 4 aliphatic carbocycles. The number of rotatable bonds is 5. The third-order valence-corrected chi connectivity index (χ3v) is 8.30. The van der Waals surface area contributed by atoms with E-state index >= 15 is 0 Å². The van der Waals surface area contributed by atoms with Gasteiger partial charge in [-0.2, -0.15) is 5.10 Å². The molecule has 4 aliphatic rings. The van der Waals surface area contributed by atoms with E-state index in [-0.39, 0.29) is 5.91 Å². The van der Waals surface area contributed by atoms with Crippen LogP contribution in [0.25, 0.3) is 22.2 Å². The Balaban J connectivity index is 1.32. The topological polar surface area (TPSA) is 59.8 Å². The van der Waals surface area contributed by atoms with Crippen molar-refractivity contribution in [3.63, 3.8) is 0 Å². The molecule has 2 aromatic heterocycles. The summed E-state index contributed by atoms with van der Waals surface area (Å²) in [6.07, 6.45) is 10.2. The lowest BCUT2D eigenvalue weighted by atomic mass is 9.49. The van der Waals surface area contributed by atoms with Crippen LogP contribution in [-0.2, 0) is 6.54 Å². The molecule has 3 aromatic rings. The first-order valence-corrected chi connectivity index (χ1v) is 12.2. The Kier molecular flexibility index (Phi) is 4.63. The van der Waals surface area contributed by atoms with Gasteiger partial charge in [-0.25, -0.2) is 4.98 Å². The van der Waals surface area contributed by atoms with Crippen LogP contribution < -0.4 is 5.32 Å². The zero-order valence-electron chi connectivity index (χ0n) is 19.1. The molecule has 2 heterocycles. The Morgan fingerprint density at radius 1 is 1.12 bits per heavy atom. The third kappa shape index (κ3) is 3.33. The summed E-state index contributed by atoms with van der Waals surface area (Å²) in [6, 6.07) is 9.93. The maximum atomic E-state index is 13.5. The number of amides is 1. The highest BCUT2D eigenvalue weighted by Crippen LogP contribution is 2.59. The van der Waals surface area contributed by atoms with E-state index in [0.29, 0.717) is 5.41 Å². The van der Waals surface area contributed by atoms with Crippen LogP contribution >= 0.6 is 0 Å². The number of carbonyl (C=O) groups is 1. The molecule has 1 amide bonds. The van der Waals surface area contributed by atoms with E-state index in [0.717, 1.165) is 64.3 Å². The highest BCUT2D eigenvalue weighted by molar-refractivity contribution is 6.07. The molecule has 0 radical (unpaired) electrons. The van der Waals surface area contributed by atoms with Crippen LogP contribution in [0.3, 0.4) is 0 Å². The first kappa shape index (κ1) is 20.0. The summed E-state index contributed by atoms with van der Waals surface area (Å²) in [7, 11) is 0. The first-order valence-electron chi connectivity index (χ1n) is 12.2. The molecular weight excluding hydrogens is 396 g/mol. The lowest BCUT2D eigenvalue weighted by molar-refractivity contribution is -0.0503. The summed E-state index contributed by atoms with van der Waals surface area (Å²) in [5.41, 5.74) is 4.66. The van der Waals surface area contributed by atoms with Crippen LogP contribution in [0.5, 0.6) is 0 Å². The number of aromatic nitrogens is 3. The number of hydrogen-bond donors (Lipinski definition) is 1. The molecule has 0 aliphatic heterocycles. The lowest BCUT2D eigenvalue weighted by Gasteiger charge is -2.56. The van der Waals surface area contributed by atoms with Crippen LogP contribution in [0.15, 0.2) is 36.5 Å². The van der Waals surface area contributed by atoms with Gasteiger partial charge >= 0.3 is 0 Å². The number of benzene rings is 1. The number of para-hydroxylation sites is 1. The summed E-state index contributed by atoms with van der Waals surface area (Å²) in [5.74, 6) is 2.71. The Hall–Kier alpha value is -2.69. The van der Waals surface area contributed by atoms with E-state index in [2.05, 4.69) is 17.3 Å². The van der Waals surface area contributed by atoms with Crippen LogP contribution in [0.4, 0.5) is 0 Å². The number of nitrogens with one attached hydrogen (secondary N) is 1. The Labute approximate surface area is 189 Å². The molecule has 0 saturated heterocycles. The van der Waals surface area contributed by atoms with Gasteiger partial charge < -0.3 is 5.32 Å². The van der Waals surface area contributed by atoms with Gasteiger partial charge in [0.15, 0.2) is 0 Å². The number of nitrogens with zero attached hydrogens (tertiary/aromatic N) is 3. The van der Waals surface area contributed by atoms with Gasteiger partial charge in [-0.15, -0.1) is 0 Å². The number of carbonyl (C=O) groups excluding carboxylic acids is 1. The monoisotopic (exact) mass is 428 g/mol. The van der Waals surface area contributed by atoms with E-state index in [1.807, 2.05) is 48.1 Å². The highest BCUT2D eigenvalue weighted by Gasteiger charge is 2.50. The van der Waals surface area contributed by atoms with E-state index in [4.69, 9.17) is 4.98 Å². The van der Waals surface area contributed by atoms with Crippen molar-refractivity contribution in [1.29, 1.82) is 0 Å². The average Bonchev–Trinajstić information content (AvgIpc) is 3.16. The average molecular weight is 429 g/mol. The second-order valence-corrected chi connectivity index (χ2v) is 10.7. The smallest absolute Gasteiger partial charge is 0.252 e. The summed E-state index contributed by atoms with van der Waals surface area (Å²) in [6.45, 7) is 5.71. The molecule has 1 N–H and O–H groups in total. The Bertz CT molecular complexity index is 1160. The summed E-state index contributed by atoms with van der Waals surface area (Å²) in [5, 5.41) is 8.87. The van der Waals surface area contributed by atoms with Crippen LogP contribution in [0, 0.1) is 30.1 Å². The first-order chi connectivity index (χ1) is 15.5. The fourth-order valence-electron chi connectivity index (χ4n) is 7.30. The largest absolute Gasteiger partial charge is 0.351 e. The molecule has 32 heavy (non-hydrogen) atoms. The van der Waals surface area contributed by atoms with Crippen molar-refractivity contribution < 1.29 is 4.79 Å². The lowest BCUT2D eigenvalue weighted by Crippen LogP contribution is -2.51. The molecular formula is C27H32N4O. The number of pyridine rings is 1. The highest BCUT2D eigenvalue weighted by atomic mass is 16.1. The number of hydrogen-bond acceptors (Lipinski definition) is 3.